The van der Waals surface area contributed by atoms with Gasteiger partial charge in [-0.05, 0) is 42.2 Å². The molecule has 0 saturated carbocycles. The van der Waals surface area contributed by atoms with Gasteiger partial charge in [0.1, 0.15) is 11.5 Å². The monoisotopic (exact) mass is 409 g/mol. The van der Waals surface area contributed by atoms with Crippen molar-refractivity contribution >= 4 is 17.4 Å². The third-order valence-corrected chi connectivity index (χ3v) is 5.37. The second-order valence-corrected chi connectivity index (χ2v) is 7.42. The fourth-order valence-corrected chi connectivity index (χ4v) is 3.82. The molecule has 2 aliphatic rings. The van der Waals surface area contributed by atoms with Gasteiger partial charge in [0.15, 0.2) is 6.61 Å². The summed E-state index contributed by atoms with van der Waals surface area (Å²) in [5, 5.41) is 19.3. The number of aliphatic hydroxyl groups excluding tert-OH is 1. The Morgan fingerprint density at radius 3 is 2.73 bits per heavy atom. The molecule has 1 fully saturated rings. The molecule has 1 saturated heterocycles. The number of benzene rings is 2. The van der Waals surface area contributed by atoms with Crippen LogP contribution >= 0.6 is 0 Å². The molecule has 0 aromatic heterocycles. The van der Waals surface area contributed by atoms with Crippen molar-refractivity contribution in [3.63, 3.8) is 0 Å². The van der Waals surface area contributed by atoms with Gasteiger partial charge in [-0.2, -0.15) is 0 Å². The summed E-state index contributed by atoms with van der Waals surface area (Å²) in [6.07, 6.45) is 1.83. The number of nitrogens with zero attached hydrogens (tertiary/aromatic N) is 1. The largest absolute Gasteiger partial charge is 0.484 e. The predicted octanol–water partition coefficient (Wildman–Crippen LogP) is 2.53. The Bertz CT molecular complexity index is 971. The Morgan fingerprint density at radius 1 is 1.17 bits per heavy atom. The van der Waals surface area contributed by atoms with Crippen molar-refractivity contribution in [1.29, 1.82) is 0 Å². The van der Waals surface area contributed by atoms with Crippen LogP contribution in [0.1, 0.15) is 24.0 Å². The number of ether oxygens (including phenoxy) is 2. The lowest BCUT2D eigenvalue weighted by atomic mass is 9.95. The summed E-state index contributed by atoms with van der Waals surface area (Å²) in [7, 11) is 0. The number of carbonyl (C=O) groups is 2. The number of amides is 1. The van der Waals surface area contributed by atoms with Crippen LogP contribution in [0.4, 0.5) is 0 Å². The lowest BCUT2D eigenvalue weighted by Gasteiger charge is -2.30. The molecule has 156 valence electrons. The van der Waals surface area contributed by atoms with E-state index in [9.17, 15) is 19.8 Å². The molecular weight excluding hydrogens is 386 g/mol. The molecule has 1 amide bonds. The maximum absolute atomic E-state index is 12.4. The van der Waals surface area contributed by atoms with E-state index in [1.165, 1.54) is 4.90 Å². The van der Waals surface area contributed by atoms with Gasteiger partial charge in [0, 0.05) is 24.7 Å². The van der Waals surface area contributed by atoms with E-state index < -0.39 is 18.2 Å². The number of aliphatic hydroxyl groups is 1. The van der Waals surface area contributed by atoms with Gasteiger partial charge in [-0.15, -0.1) is 0 Å². The van der Waals surface area contributed by atoms with Crippen LogP contribution in [0.25, 0.3) is 5.57 Å². The van der Waals surface area contributed by atoms with E-state index in [4.69, 9.17) is 9.47 Å². The number of carboxylic acid groups (broad SMARTS) is 1. The zero-order chi connectivity index (χ0) is 21.1. The SMILES string of the molecule is O=C(O)C1CCCN(C(=O)COc2ccc3c(c2)OC(O)C=C3c2ccccc2)C1. The highest BCUT2D eigenvalue weighted by Crippen LogP contribution is 2.37. The van der Waals surface area contributed by atoms with Gasteiger partial charge < -0.3 is 24.6 Å². The standard InChI is InChI=1S/C23H23NO6/c25-21(24-10-4-7-16(13-24)23(27)28)14-29-17-8-9-18-19(15-5-2-1-3-6-15)12-22(26)30-20(18)11-17/h1-3,5-6,8-9,11-12,16,22,26H,4,7,10,13-14H2,(H,27,28). The average Bonchev–Trinajstić information content (AvgIpc) is 2.77. The highest BCUT2D eigenvalue weighted by atomic mass is 16.6. The minimum atomic E-state index is -1.08. The molecule has 30 heavy (non-hydrogen) atoms. The third kappa shape index (κ3) is 4.31. The smallest absolute Gasteiger partial charge is 0.308 e. The van der Waals surface area contributed by atoms with Crippen LogP contribution in [-0.4, -0.2) is 53.0 Å². The Morgan fingerprint density at radius 2 is 1.97 bits per heavy atom. The normalized spacial score (nSPS) is 20.6. The quantitative estimate of drug-likeness (QED) is 0.788. The summed E-state index contributed by atoms with van der Waals surface area (Å²) in [5.74, 6) is -0.733. The Balaban J connectivity index is 1.45. The molecule has 7 nitrogen and oxygen atoms in total. The average molecular weight is 409 g/mol. The van der Waals surface area contributed by atoms with Crippen molar-refractivity contribution in [2.24, 2.45) is 5.92 Å². The highest BCUT2D eigenvalue weighted by Gasteiger charge is 2.28. The van der Waals surface area contributed by atoms with Crippen molar-refractivity contribution in [3.05, 3.63) is 65.7 Å². The first-order chi connectivity index (χ1) is 14.5. The Hall–Kier alpha value is -3.32. The zero-order valence-corrected chi connectivity index (χ0v) is 16.4. The molecule has 2 heterocycles. The van der Waals surface area contributed by atoms with Gasteiger partial charge in [0.25, 0.3) is 5.91 Å². The summed E-state index contributed by atoms with van der Waals surface area (Å²) in [6, 6.07) is 14.9. The molecule has 2 aromatic rings. The fraction of sp³-hybridized carbons (Fsp3) is 0.304. The molecule has 7 heteroatoms. The van der Waals surface area contributed by atoms with Gasteiger partial charge in [-0.3, -0.25) is 9.59 Å². The summed E-state index contributed by atoms with van der Waals surface area (Å²) in [4.78, 5) is 25.2. The predicted molar refractivity (Wildman–Crippen MR) is 109 cm³/mol. The fourth-order valence-electron chi connectivity index (χ4n) is 3.82. The molecule has 0 aliphatic carbocycles. The van der Waals surface area contributed by atoms with Crippen LogP contribution in [0.5, 0.6) is 11.5 Å². The van der Waals surface area contributed by atoms with Gasteiger partial charge in [0.2, 0.25) is 6.29 Å². The first-order valence-electron chi connectivity index (χ1n) is 9.91. The molecule has 2 atom stereocenters. The van der Waals surface area contributed by atoms with Crippen LogP contribution in [0, 0.1) is 5.92 Å². The van der Waals surface area contributed by atoms with E-state index in [-0.39, 0.29) is 19.1 Å². The second-order valence-electron chi connectivity index (χ2n) is 7.42. The molecule has 0 spiro atoms. The number of piperidine rings is 1. The molecule has 4 rings (SSSR count). The Kier molecular flexibility index (Phi) is 5.72. The van der Waals surface area contributed by atoms with Crippen molar-refractivity contribution in [2.45, 2.75) is 19.1 Å². The topological polar surface area (TPSA) is 96.3 Å². The molecule has 2 N–H and O–H groups in total. The minimum Gasteiger partial charge on any atom is -0.484 e. The minimum absolute atomic E-state index is 0.185. The molecule has 0 bridgehead atoms. The second kappa shape index (κ2) is 8.59. The first kappa shape index (κ1) is 20.0. The summed E-state index contributed by atoms with van der Waals surface area (Å²) in [5.41, 5.74) is 2.65. The van der Waals surface area contributed by atoms with Crippen molar-refractivity contribution in [3.8, 4) is 11.5 Å². The molecule has 2 aliphatic heterocycles. The summed E-state index contributed by atoms with van der Waals surface area (Å²) >= 11 is 0. The van der Waals surface area contributed by atoms with E-state index in [1.54, 1.807) is 18.2 Å². The van der Waals surface area contributed by atoms with E-state index in [0.29, 0.717) is 30.9 Å². The number of fused-ring (bicyclic) bond motifs is 1. The molecule has 0 radical (unpaired) electrons. The number of hydrogen-bond acceptors (Lipinski definition) is 5. The van der Waals surface area contributed by atoms with Gasteiger partial charge in [-0.1, -0.05) is 30.3 Å². The van der Waals surface area contributed by atoms with Crippen LogP contribution in [0.3, 0.4) is 0 Å². The maximum Gasteiger partial charge on any atom is 0.308 e. The van der Waals surface area contributed by atoms with Gasteiger partial charge in [0.05, 0.1) is 5.92 Å². The number of rotatable bonds is 5. The van der Waals surface area contributed by atoms with Crippen LogP contribution in [0.15, 0.2) is 54.6 Å². The first-order valence-corrected chi connectivity index (χ1v) is 9.91. The number of aliphatic carboxylic acids is 1. The number of carboxylic acids is 1. The van der Waals surface area contributed by atoms with Crippen LogP contribution in [-0.2, 0) is 9.59 Å². The van der Waals surface area contributed by atoms with E-state index in [0.717, 1.165) is 16.7 Å². The van der Waals surface area contributed by atoms with E-state index in [2.05, 4.69) is 0 Å². The third-order valence-electron chi connectivity index (χ3n) is 5.37. The highest BCUT2D eigenvalue weighted by molar-refractivity contribution is 5.84. The van der Waals surface area contributed by atoms with Gasteiger partial charge in [-0.25, -0.2) is 0 Å². The molecule has 2 unspecified atom stereocenters. The lowest BCUT2D eigenvalue weighted by Crippen LogP contribution is -2.44. The van der Waals surface area contributed by atoms with Crippen molar-refractivity contribution < 1.29 is 29.3 Å². The van der Waals surface area contributed by atoms with Crippen molar-refractivity contribution in [1.82, 2.24) is 4.90 Å². The number of hydrogen-bond donors (Lipinski definition) is 2. The summed E-state index contributed by atoms with van der Waals surface area (Å²) in [6.45, 7) is 0.563. The number of carbonyl (C=O) groups excluding carboxylic acids is 1. The maximum atomic E-state index is 12.4. The number of likely N-dealkylation sites (tertiary alicyclic amines) is 1. The van der Waals surface area contributed by atoms with E-state index >= 15 is 0 Å². The van der Waals surface area contributed by atoms with Crippen molar-refractivity contribution in [2.75, 3.05) is 19.7 Å². The molecule has 2 aromatic carbocycles. The van der Waals surface area contributed by atoms with Crippen LogP contribution in [0.2, 0.25) is 0 Å². The zero-order valence-electron chi connectivity index (χ0n) is 16.4. The van der Waals surface area contributed by atoms with E-state index in [1.807, 2.05) is 36.4 Å². The lowest BCUT2D eigenvalue weighted by molar-refractivity contribution is -0.146. The van der Waals surface area contributed by atoms with Crippen LogP contribution < -0.4 is 9.47 Å². The summed E-state index contributed by atoms with van der Waals surface area (Å²) < 4.78 is 11.2. The molecular formula is C23H23NO6. The Labute approximate surface area is 174 Å². The van der Waals surface area contributed by atoms with Gasteiger partial charge >= 0.3 is 5.97 Å².